The molecule has 0 spiro atoms. The van der Waals surface area contributed by atoms with E-state index in [1.54, 1.807) is 18.5 Å². The smallest absolute Gasteiger partial charge is 0.325 e. The standard InChI is InChI=1S/C11H13N3O3.2ClH/c1-17-10(15)6-14-9-2-3-13-5-7(9)4-8(12)11(14)16;;/h2-3,5,8H,4,6,12H2,1H3;2*1H. The number of fused-ring (bicyclic) bond motifs is 1. The molecule has 1 aromatic heterocycles. The topological polar surface area (TPSA) is 85.5 Å². The van der Waals surface area contributed by atoms with Crippen LogP contribution < -0.4 is 10.6 Å². The number of rotatable bonds is 2. The average Bonchev–Trinajstić information content (AvgIpc) is 2.34. The number of ether oxygens (including phenoxy) is 1. The largest absolute Gasteiger partial charge is 0.468 e. The molecule has 1 atom stereocenters. The zero-order valence-electron chi connectivity index (χ0n) is 10.2. The van der Waals surface area contributed by atoms with Crippen LogP contribution in [0, 0.1) is 0 Å². The van der Waals surface area contributed by atoms with Gasteiger partial charge >= 0.3 is 5.97 Å². The third-order valence-corrected chi connectivity index (χ3v) is 2.71. The Balaban J connectivity index is 0.00000162. The van der Waals surface area contributed by atoms with Gasteiger partial charge in [-0.2, -0.15) is 0 Å². The maximum Gasteiger partial charge on any atom is 0.325 e. The van der Waals surface area contributed by atoms with Gasteiger partial charge in [-0.25, -0.2) is 0 Å². The fourth-order valence-corrected chi connectivity index (χ4v) is 1.84. The highest BCUT2D eigenvalue weighted by Crippen LogP contribution is 2.25. The van der Waals surface area contributed by atoms with Crippen LogP contribution >= 0.6 is 24.8 Å². The molecule has 1 aliphatic rings. The van der Waals surface area contributed by atoms with E-state index in [1.165, 1.54) is 12.0 Å². The average molecular weight is 308 g/mol. The minimum atomic E-state index is -0.628. The summed E-state index contributed by atoms with van der Waals surface area (Å²) in [6.45, 7) is -0.125. The van der Waals surface area contributed by atoms with Gasteiger partial charge in [-0.1, -0.05) is 0 Å². The van der Waals surface area contributed by atoms with Crippen LogP contribution in [0.4, 0.5) is 5.69 Å². The van der Waals surface area contributed by atoms with Crippen molar-refractivity contribution in [2.24, 2.45) is 5.73 Å². The summed E-state index contributed by atoms with van der Waals surface area (Å²) >= 11 is 0. The number of carbonyl (C=O) groups excluding carboxylic acids is 2. The van der Waals surface area contributed by atoms with Crippen molar-refractivity contribution < 1.29 is 14.3 Å². The summed E-state index contributed by atoms with van der Waals surface area (Å²) in [5.74, 6) is -0.746. The van der Waals surface area contributed by atoms with Crippen molar-refractivity contribution >= 4 is 42.4 Å². The molecule has 1 unspecified atom stereocenters. The van der Waals surface area contributed by atoms with Crippen molar-refractivity contribution in [2.75, 3.05) is 18.6 Å². The molecule has 0 radical (unpaired) electrons. The quantitative estimate of drug-likeness (QED) is 0.795. The first kappa shape index (κ1) is 17.6. The molecule has 0 aromatic carbocycles. The molecular formula is C11H15Cl2N3O3. The van der Waals surface area contributed by atoms with E-state index < -0.39 is 12.0 Å². The monoisotopic (exact) mass is 307 g/mol. The van der Waals surface area contributed by atoms with Crippen LogP contribution in [0.5, 0.6) is 0 Å². The fourth-order valence-electron chi connectivity index (χ4n) is 1.84. The number of pyridine rings is 1. The van der Waals surface area contributed by atoms with Crippen molar-refractivity contribution in [3.63, 3.8) is 0 Å². The third kappa shape index (κ3) is 3.56. The molecule has 0 aliphatic carbocycles. The summed E-state index contributed by atoms with van der Waals surface area (Å²) in [7, 11) is 1.28. The first-order valence-electron chi connectivity index (χ1n) is 5.20. The van der Waals surface area contributed by atoms with E-state index >= 15 is 0 Å². The van der Waals surface area contributed by atoms with Crippen molar-refractivity contribution in [1.29, 1.82) is 0 Å². The lowest BCUT2D eigenvalue weighted by atomic mass is 10.00. The Kier molecular flexibility index (Phi) is 6.75. The number of methoxy groups -OCH3 is 1. The highest BCUT2D eigenvalue weighted by molar-refractivity contribution is 6.03. The number of amides is 1. The van der Waals surface area contributed by atoms with Gasteiger partial charge in [-0.15, -0.1) is 24.8 Å². The summed E-state index contributed by atoms with van der Waals surface area (Å²) in [5, 5.41) is 0. The highest BCUT2D eigenvalue weighted by atomic mass is 35.5. The fraction of sp³-hybridized carbons (Fsp3) is 0.364. The summed E-state index contributed by atoms with van der Waals surface area (Å²) < 4.78 is 4.56. The lowest BCUT2D eigenvalue weighted by molar-refractivity contribution is -0.140. The normalized spacial score (nSPS) is 16.8. The predicted octanol–water partition coefficient (Wildman–Crippen LogP) is 0.315. The molecule has 1 aliphatic heterocycles. The van der Waals surface area contributed by atoms with E-state index in [0.29, 0.717) is 12.1 Å². The third-order valence-electron chi connectivity index (χ3n) is 2.71. The van der Waals surface area contributed by atoms with E-state index in [-0.39, 0.29) is 37.3 Å². The Morgan fingerprint density at radius 1 is 1.58 bits per heavy atom. The van der Waals surface area contributed by atoms with Gasteiger partial charge in [0.15, 0.2) is 0 Å². The summed E-state index contributed by atoms with van der Waals surface area (Å²) in [4.78, 5) is 28.5. The van der Waals surface area contributed by atoms with Crippen LogP contribution in [-0.2, 0) is 20.7 Å². The first-order chi connectivity index (χ1) is 8.13. The number of hydrogen-bond donors (Lipinski definition) is 1. The molecule has 0 saturated carbocycles. The van der Waals surface area contributed by atoms with Crippen LogP contribution in [0.3, 0.4) is 0 Å². The van der Waals surface area contributed by atoms with Gasteiger partial charge in [-0.05, 0) is 11.6 Å². The summed E-state index contributed by atoms with van der Waals surface area (Å²) in [6.07, 6.45) is 3.68. The molecule has 19 heavy (non-hydrogen) atoms. The number of hydrogen-bond acceptors (Lipinski definition) is 5. The lowest BCUT2D eigenvalue weighted by Gasteiger charge is -2.31. The summed E-state index contributed by atoms with van der Waals surface area (Å²) in [6, 6.07) is 1.07. The molecule has 0 fully saturated rings. The second-order valence-corrected chi connectivity index (χ2v) is 3.82. The molecular weight excluding hydrogens is 293 g/mol. The van der Waals surface area contributed by atoms with Gasteiger partial charge in [-0.3, -0.25) is 19.5 Å². The Morgan fingerprint density at radius 2 is 2.26 bits per heavy atom. The van der Waals surface area contributed by atoms with Gasteiger partial charge in [0.25, 0.3) is 0 Å². The number of nitrogens with zero attached hydrogens (tertiary/aromatic N) is 2. The number of aromatic nitrogens is 1. The molecule has 0 saturated heterocycles. The molecule has 1 aromatic rings. The van der Waals surface area contributed by atoms with Gasteiger partial charge in [0.2, 0.25) is 5.91 Å². The van der Waals surface area contributed by atoms with Crippen molar-refractivity contribution in [3.8, 4) is 0 Å². The van der Waals surface area contributed by atoms with Crippen LogP contribution in [0.25, 0.3) is 0 Å². The zero-order valence-corrected chi connectivity index (χ0v) is 11.9. The van der Waals surface area contributed by atoms with Crippen molar-refractivity contribution in [2.45, 2.75) is 12.5 Å². The Bertz CT molecular complexity index is 470. The number of nitrogens with two attached hydrogens (primary N) is 1. The molecule has 2 rings (SSSR count). The van der Waals surface area contributed by atoms with Gasteiger partial charge < -0.3 is 10.5 Å². The van der Waals surface area contributed by atoms with Crippen molar-refractivity contribution in [1.82, 2.24) is 4.98 Å². The van der Waals surface area contributed by atoms with Crippen LogP contribution in [0.1, 0.15) is 5.56 Å². The maximum atomic E-state index is 11.9. The van der Waals surface area contributed by atoms with Gasteiger partial charge in [0.05, 0.1) is 18.8 Å². The van der Waals surface area contributed by atoms with E-state index in [2.05, 4.69) is 9.72 Å². The molecule has 1 amide bonds. The number of halogens is 2. The van der Waals surface area contributed by atoms with Crippen LogP contribution in [-0.4, -0.2) is 36.6 Å². The summed E-state index contributed by atoms with van der Waals surface area (Å²) in [5.41, 5.74) is 7.27. The van der Waals surface area contributed by atoms with E-state index in [0.717, 1.165) is 5.56 Å². The molecule has 2 N–H and O–H groups in total. The number of carbonyl (C=O) groups is 2. The lowest BCUT2D eigenvalue weighted by Crippen LogP contribution is -2.50. The Morgan fingerprint density at radius 3 is 2.89 bits per heavy atom. The first-order valence-corrected chi connectivity index (χ1v) is 5.20. The predicted molar refractivity (Wildman–Crippen MR) is 74.8 cm³/mol. The van der Waals surface area contributed by atoms with Gasteiger partial charge in [0.1, 0.15) is 6.54 Å². The SMILES string of the molecule is COC(=O)CN1C(=O)C(N)Cc2cnccc21.Cl.Cl. The zero-order chi connectivity index (χ0) is 12.4. The molecule has 106 valence electrons. The van der Waals surface area contributed by atoms with Crippen LogP contribution in [0.2, 0.25) is 0 Å². The van der Waals surface area contributed by atoms with Gasteiger partial charge in [0, 0.05) is 18.8 Å². The van der Waals surface area contributed by atoms with E-state index in [1.807, 2.05) is 0 Å². The molecule has 8 heteroatoms. The minimum absolute atomic E-state index is 0. The van der Waals surface area contributed by atoms with Crippen molar-refractivity contribution in [3.05, 3.63) is 24.0 Å². The van der Waals surface area contributed by atoms with E-state index in [9.17, 15) is 9.59 Å². The molecule has 2 heterocycles. The van der Waals surface area contributed by atoms with Crippen LogP contribution in [0.15, 0.2) is 18.5 Å². The van der Waals surface area contributed by atoms with E-state index in [4.69, 9.17) is 5.73 Å². The second kappa shape index (κ2) is 7.28. The second-order valence-electron chi connectivity index (χ2n) is 3.82. The number of esters is 1. The number of anilines is 1. The Labute approximate surface area is 123 Å². The minimum Gasteiger partial charge on any atom is -0.468 e. The molecule has 6 nitrogen and oxygen atoms in total. The maximum absolute atomic E-state index is 11.9. The highest BCUT2D eigenvalue weighted by Gasteiger charge is 2.31. The Hall–Kier alpha value is -1.37. The molecule has 0 bridgehead atoms.